The van der Waals surface area contributed by atoms with Crippen molar-refractivity contribution in [2.45, 2.75) is 38.2 Å². The second kappa shape index (κ2) is 12.4. The van der Waals surface area contributed by atoms with E-state index in [0.717, 1.165) is 24.1 Å². The van der Waals surface area contributed by atoms with Crippen LogP contribution in [0.3, 0.4) is 0 Å². The fraction of sp³-hybridized carbons (Fsp3) is 0.433. The van der Waals surface area contributed by atoms with E-state index in [-0.39, 0.29) is 29.3 Å². The van der Waals surface area contributed by atoms with Crippen molar-refractivity contribution in [1.82, 2.24) is 30.2 Å². The lowest BCUT2D eigenvalue weighted by molar-refractivity contribution is -0.126. The van der Waals surface area contributed by atoms with E-state index in [1.165, 1.54) is 6.07 Å². The first kappa shape index (κ1) is 29.3. The zero-order chi connectivity index (χ0) is 29.9. The highest BCUT2D eigenvalue weighted by atomic mass is 19.3. The first-order valence-corrected chi connectivity index (χ1v) is 14.0. The summed E-state index contributed by atoms with van der Waals surface area (Å²) in [6.07, 6.45) is 5.90. The van der Waals surface area contributed by atoms with Crippen molar-refractivity contribution in [2.24, 2.45) is 0 Å². The first-order valence-electron chi connectivity index (χ1n) is 14.0. The Kier molecular flexibility index (Phi) is 8.62. The number of rotatable bonds is 10. The lowest BCUT2D eigenvalue weighted by atomic mass is 9.98. The Labute approximate surface area is 243 Å². The van der Waals surface area contributed by atoms with Crippen LogP contribution in [0.1, 0.15) is 53.8 Å². The number of piperazine rings is 1. The number of nitrogens with one attached hydrogen (secondary N) is 1. The van der Waals surface area contributed by atoms with Crippen LogP contribution in [-0.4, -0.2) is 83.6 Å². The molecular weight excluding hydrogens is 544 g/mol. The third-order valence-electron chi connectivity index (χ3n) is 7.74. The van der Waals surface area contributed by atoms with Gasteiger partial charge in [0.1, 0.15) is 0 Å². The SMILES string of the molecule is CN(C)C/C=C/C(=O)N1CCN(c2cnccc2-c2ccc(CNC(=O)c3noc(C4(C)CC4)n3)c(C(F)F)c2)CC1. The number of hydrogen-bond donors (Lipinski definition) is 1. The van der Waals surface area contributed by atoms with Crippen molar-refractivity contribution < 1.29 is 22.9 Å². The van der Waals surface area contributed by atoms with Crippen molar-refractivity contribution in [1.29, 1.82) is 0 Å². The smallest absolute Gasteiger partial charge is 0.292 e. The first-order chi connectivity index (χ1) is 20.1. The van der Waals surface area contributed by atoms with Gasteiger partial charge in [-0.1, -0.05) is 30.3 Å². The molecule has 0 atom stereocenters. The largest absolute Gasteiger partial charge is 0.366 e. The molecule has 2 fully saturated rings. The Bertz CT molecular complexity index is 1460. The van der Waals surface area contributed by atoms with Crippen LogP contribution in [0.5, 0.6) is 0 Å². The molecule has 0 radical (unpaired) electrons. The van der Waals surface area contributed by atoms with Gasteiger partial charge >= 0.3 is 0 Å². The molecule has 42 heavy (non-hydrogen) atoms. The summed E-state index contributed by atoms with van der Waals surface area (Å²) < 4.78 is 33.6. The standard InChI is InChI=1S/C30H35F2N7O3/c1-30(9-10-30)29-35-27(36-42-29)28(41)34-18-21-7-6-20(17-23(21)26(31)32)22-8-11-33-19-24(22)38-13-15-39(16-14-38)25(40)5-4-12-37(2)3/h4-8,11,17,19,26H,9-10,12-16,18H2,1-3H3,(H,34,41)/b5-4+. The summed E-state index contributed by atoms with van der Waals surface area (Å²) in [4.78, 5) is 39.5. The Morgan fingerprint density at radius 2 is 1.93 bits per heavy atom. The molecule has 3 heterocycles. The van der Waals surface area contributed by atoms with E-state index in [0.29, 0.717) is 49.7 Å². The van der Waals surface area contributed by atoms with Crippen LogP contribution in [0, 0.1) is 0 Å². The minimum absolute atomic E-state index is 0.0240. The number of hydrogen-bond acceptors (Lipinski definition) is 8. The Morgan fingerprint density at radius 1 is 1.17 bits per heavy atom. The normalized spacial score (nSPS) is 16.5. The van der Waals surface area contributed by atoms with E-state index in [2.05, 4.69) is 25.3 Å². The van der Waals surface area contributed by atoms with Crippen LogP contribution < -0.4 is 10.2 Å². The number of nitrogens with zero attached hydrogens (tertiary/aromatic N) is 6. The fourth-order valence-electron chi connectivity index (χ4n) is 4.86. The number of halogens is 2. The van der Waals surface area contributed by atoms with Crippen LogP contribution in [0.25, 0.3) is 11.1 Å². The van der Waals surface area contributed by atoms with E-state index < -0.39 is 12.3 Å². The average molecular weight is 580 g/mol. The Morgan fingerprint density at radius 3 is 2.62 bits per heavy atom. The molecule has 1 saturated carbocycles. The lowest BCUT2D eigenvalue weighted by Gasteiger charge is -2.36. The maximum atomic E-state index is 14.2. The van der Waals surface area contributed by atoms with Crippen molar-refractivity contribution in [3.63, 3.8) is 0 Å². The summed E-state index contributed by atoms with van der Waals surface area (Å²) in [6.45, 7) is 4.84. The topological polar surface area (TPSA) is 108 Å². The minimum Gasteiger partial charge on any atom is -0.366 e. The predicted molar refractivity (Wildman–Crippen MR) is 153 cm³/mol. The number of carbonyl (C=O) groups is 2. The van der Waals surface area contributed by atoms with E-state index in [9.17, 15) is 18.4 Å². The van der Waals surface area contributed by atoms with Gasteiger partial charge in [0.25, 0.3) is 18.2 Å². The quantitative estimate of drug-likeness (QED) is 0.362. The molecule has 0 unspecified atom stereocenters. The summed E-state index contributed by atoms with van der Waals surface area (Å²) in [7, 11) is 3.88. The summed E-state index contributed by atoms with van der Waals surface area (Å²) in [5.41, 5.74) is 2.14. The molecule has 12 heteroatoms. The van der Waals surface area contributed by atoms with Gasteiger partial charge in [-0.15, -0.1) is 0 Å². The lowest BCUT2D eigenvalue weighted by Crippen LogP contribution is -2.48. The third-order valence-corrected chi connectivity index (χ3v) is 7.74. The molecule has 5 rings (SSSR count). The van der Waals surface area contributed by atoms with Gasteiger partial charge in [0.05, 0.1) is 11.9 Å². The summed E-state index contributed by atoms with van der Waals surface area (Å²) >= 11 is 0. The minimum atomic E-state index is -2.75. The van der Waals surface area contributed by atoms with Crippen LogP contribution in [0.4, 0.5) is 14.5 Å². The van der Waals surface area contributed by atoms with Crippen molar-refractivity contribution in [2.75, 3.05) is 51.7 Å². The van der Waals surface area contributed by atoms with Gasteiger partial charge in [0.2, 0.25) is 11.8 Å². The van der Waals surface area contributed by atoms with Crippen LogP contribution in [0.2, 0.25) is 0 Å². The molecule has 2 aliphatic rings. The van der Waals surface area contributed by atoms with Crippen LogP contribution in [0.15, 0.2) is 53.3 Å². The van der Waals surface area contributed by atoms with Gasteiger partial charge in [0.15, 0.2) is 0 Å². The zero-order valence-electron chi connectivity index (χ0n) is 24.0. The molecule has 0 spiro atoms. The highest BCUT2D eigenvalue weighted by molar-refractivity contribution is 5.90. The van der Waals surface area contributed by atoms with Crippen LogP contribution >= 0.6 is 0 Å². The maximum absolute atomic E-state index is 14.2. The van der Waals surface area contributed by atoms with Crippen molar-refractivity contribution >= 4 is 17.5 Å². The number of benzene rings is 1. The number of anilines is 1. The highest BCUT2D eigenvalue weighted by Crippen LogP contribution is 2.46. The number of pyridine rings is 1. The number of amides is 2. The third kappa shape index (κ3) is 6.64. The summed E-state index contributed by atoms with van der Waals surface area (Å²) in [6, 6.07) is 6.63. The van der Waals surface area contributed by atoms with E-state index >= 15 is 0 Å². The monoisotopic (exact) mass is 579 g/mol. The Balaban J connectivity index is 1.27. The average Bonchev–Trinajstić information content (AvgIpc) is 3.53. The molecule has 10 nitrogen and oxygen atoms in total. The number of carbonyl (C=O) groups excluding carboxylic acids is 2. The number of likely N-dealkylation sites (N-methyl/N-ethyl adjacent to an activating group) is 1. The molecule has 1 aliphatic carbocycles. The number of aromatic nitrogens is 3. The van der Waals surface area contributed by atoms with Crippen LogP contribution in [-0.2, 0) is 16.8 Å². The Hall–Kier alpha value is -4.19. The second-order valence-electron chi connectivity index (χ2n) is 11.3. The number of alkyl halides is 2. The summed E-state index contributed by atoms with van der Waals surface area (Å²) in [5, 5.41) is 6.38. The van der Waals surface area contributed by atoms with E-state index in [1.807, 2.05) is 32.0 Å². The van der Waals surface area contributed by atoms with Crippen molar-refractivity contribution in [3.8, 4) is 11.1 Å². The highest BCUT2D eigenvalue weighted by Gasteiger charge is 2.45. The van der Waals surface area contributed by atoms with Gasteiger partial charge in [-0.3, -0.25) is 14.6 Å². The maximum Gasteiger partial charge on any atom is 0.292 e. The molecule has 2 amide bonds. The van der Waals surface area contributed by atoms with Gasteiger partial charge in [-0.05, 0) is 50.2 Å². The molecule has 2 aromatic heterocycles. The second-order valence-corrected chi connectivity index (χ2v) is 11.3. The van der Waals surface area contributed by atoms with E-state index in [4.69, 9.17) is 4.52 Å². The summed E-state index contributed by atoms with van der Waals surface area (Å²) in [5.74, 6) is -0.297. The molecule has 1 aliphatic heterocycles. The molecule has 0 bridgehead atoms. The van der Waals surface area contributed by atoms with E-state index in [1.54, 1.807) is 41.6 Å². The fourth-order valence-corrected chi connectivity index (χ4v) is 4.86. The molecule has 222 valence electrons. The molecule has 1 saturated heterocycles. The van der Waals surface area contributed by atoms with Gasteiger partial charge in [0, 0.05) is 68.1 Å². The van der Waals surface area contributed by atoms with Crippen molar-refractivity contribution in [3.05, 3.63) is 71.7 Å². The van der Waals surface area contributed by atoms with Gasteiger partial charge < -0.3 is 24.5 Å². The van der Waals surface area contributed by atoms with Gasteiger partial charge in [-0.2, -0.15) is 4.98 Å². The van der Waals surface area contributed by atoms with Gasteiger partial charge in [-0.25, -0.2) is 8.78 Å². The molecule has 1 aromatic carbocycles. The molecule has 1 N–H and O–H groups in total. The predicted octanol–water partition coefficient (Wildman–Crippen LogP) is 3.82. The molecule has 3 aromatic rings. The molecular formula is C30H35F2N7O3. The zero-order valence-corrected chi connectivity index (χ0v) is 24.0.